The lowest BCUT2D eigenvalue weighted by molar-refractivity contribution is 0.0490. The topological polar surface area (TPSA) is 69.9 Å². The van der Waals surface area contributed by atoms with E-state index in [0.29, 0.717) is 19.1 Å². The Kier molecular flexibility index (Phi) is 51.8. The Morgan fingerprint density at radius 1 is 0.476 bits per heavy atom. The second-order valence-corrected chi connectivity index (χ2v) is 12.2. The second-order valence-electron chi connectivity index (χ2n) is 12.2. The Morgan fingerprint density at radius 2 is 0.810 bits per heavy atom. The number of aliphatic hydroxyl groups is 3. The van der Waals surface area contributed by atoms with Crippen LogP contribution in [0.15, 0.2) is 6.08 Å². The summed E-state index contributed by atoms with van der Waals surface area (Å²) in [6, 6.07) is 0. The van der Waals surface area contributed by atoms with Gasteiger partial charge in [0, 0.05) is 32.8 Å². The maximum atomic E-state index is 8.69. The third-order valence-electron chi connectivity index (χ3n) is 7.71. The minimum Gasteiger partial charge on any atom is -0.396 e. The van der Waals surface area contributed by atoms with Gasteiger partial charge in [-0.3, -0.25) is 0 Å². The zero-order chi connectivity index (χ0) is 31.6. The number of hydrogen-bond donors (Lipinski definition) is 3. The molecule has 0 saturated heterocycles. The number of aliphatic hydroxyl groups excluding tert-OH is 3. The summed E-state index contributed by atoms with van der Waals surface area (Å²) in [5, 5.41) is 24.5. The Bertz CT molecular complexity index is 427. The Balaban J connectivity index is -0.000000639. The standard InChI is InChI=1S/C19H40O2.C16H31.C3H8O2/c1-3-4-5-6-7-8-9-10-11-12-13-14-16-19(2)21-18-15-17-20;1-3-5-7-9-11-13-15-16-14-12-10-8-6-4-2;4-2-1-3-5/h19-20H,3-18H2,1-2H3;1,3H,4-16H2,2H3;4-5H,1-3H2/q;+1;. The number of allylic oxidation sites excluding steroid dienone is 1. The fourth-order valence-corrected chi connectivity index (χ4v) is 4.88. The molecule has 0 aliphatic rings. The predicted molar refractivity (Wildman–Crippen MR) is 186 cm³/mol. The summed E-state index contributed by atoms with van der Waals surface area (Å²) in [6.07, 6.45) is 39.5. The van der Waals surface area contributed by atoms with Gasteiger partial charge in [-0.1, -0.05) is 162 Å². The van der Waals surface area contributed by atoms with Crippen molar-refractivity contribution in [1.29, 1.82) is 0 Å². The predicted octanol–water partition coefficient (Wildman–Crippen LogP) is 11.3. The summed E-state index contributed by atoms with van der Waals surface area (Å²) in [4.78, 5) is 0. The van der Waals surface area contributed by atoms with Crippen LogP contribution in [0.2, 0.25) is 0 Å². The van der Waals surface area contributed by atoms with Crippen molar-refractivity contribution in [2.75, 3.05) is 26.4 Å². The maximum absolute atomic E-state index is 8.69. The zero-order valence-corrected chi connectivity index (χ0v) is 29.1. The minimum atomic E-state index is 0.0938. The summed E-state index contributed by atoms with van der Waals surface area (Å²) in [5.41, 5.74) is 0. The molecule has 1 atom stereocenters. The van der Waals surface area contributed by atoms with E-state index in [2.05, 4.69) is 20.8 Å². The molecule has 0 aromatic rings. The van der Waals surface area contributed by atoms with Crippen LogP contribution in [0.25, 0.3) is 0 Å². The van der Waals surface area contributed by atoms with Gasteiger partial charge in [0.2, 0.25) is 6.58 Å². The third kappa shape index (κ3) is 52.2. The third-order valence-corrected chi connectivity index (χ3v) is 7.71. The van der Waals surface area contributed by atoms with Gasteiger partial charge in [0.05, 0.1) is 6.10 Å². The van der Waals surface area contributed by atoms with Crippen molar-refractivity contribution < 1.29 is 20.1 Å². The highest BCUT2D eigenvalue weighted by Gasteiger charge is 2.01. The van der Waals surface area contributed by atoms with Gasteiger partial charge in [-0.05, 0) is 32.6 Å². The highest BCUT2D eigenvalue weighted by atomic mass is 16.5. The summed E-state index contributed by atoms with van der Waals surface area (Å²) in [6.45, 7) is 13.2. The molecule has 0 aliphatic carbocycles. The van der Waals surface area contributed by atoms with Crippen molar-refractivity contribution in [3.8, 4) is 0 Å². The minimum absolute atomic E-state index is 0.0938. The first-order chi connectivity index (χ1) is 20.6. The molecule has 0 amide bonds. The van der Waals surface area contributed by atoms with Gasteiger partial charge in [-0.15, -0.1) is 0 Å². The molecule has 4 nitrogen and oxygen atoms in total. The number of hydrogen-bond acceptors (Lipinski definition) is 4. The lowest BCUT2D eigenvalue weighted by Gasteiger charge is -2.12. The van der Waals surface area contributed by atoms with Gasteiger partial charge < -0.3 is 20.1 Å². The van der Waals surface area contributed by atoms with Crippen molar-refractivity contribution >= 4 is 0 Å². The van der Waals surface area contributed by atoms with E-state index in [0.717, 1.165) is 12.8 Å². The van der Waals surface area contributed by atoms with Crippen LogP contribution in [-0.2, 0) is 4.74 Å². The monoisotopic (exact) mass is 600 g/mol. The molecule has 0 spiro atoms. The van der Waals surface area contributed by atoms with Crippen LogP contribution in [0, 0.1) is 6.58 Å². The molecule has 0 radical (unpaired) electrons. The van der Waals surface area contributed by atoms with Crippen LogP contribution < -0.4 is 0 Å². The van der Waals surface area contributed by atoms with E-state index in [9.17, 15) is 0 Å². The van der Waals surface area contributed by atoms with Crippen molar-refractivity contribution in [2.45, 2.75) is 207 Å². The smallest absolute Gasteiger partial charge is 0.201 e. The summed E-state index contributed by atoms with van der Waals surface area (Å²) >= 11 is 0. The van der Waals surface area contributed by atoms with Gasteiger partial charge in [0.15, 0.2) is 6.08 Å². The molecular weight excluding hydrogens is 520 g/mol. The van der Waals surface area contributed by atoms with E-state index in [1.54, 1.807) is 6.08 Å². The number of unbranched alkanes of at least 4 members (excludes halogenated alkanes) is 23. The molecule has 42 heavy (non-hydrogen) atoms. The Hall–Kier alpha value is -0.510. The highest BCUT2D eigenvalue weighted by molar-refractivity contribution is 4.61. The molecule has 0 heterocycles. The molecule has 0 rings (SSSR count). The van der Waals surface area contributed by atoms with Crippen molar-refractivity contribution in [3.63, 3.8) is 0 Å². The van der Waals surface area contributed by atoms with Crippen LogP contribution in [-0.4, -0.2) is 47.9 Å². The normalized spacial score (nSPS) is 11.4. The summed E-state index contributed by atoms with van der Waals surface area (Å²) in [7, 11) is 0. The van der Waals surface area contributed by atoms with Crippen LogP contribution in [0.4, 0.5) is 0 Å². The second kappa shape index (κ2) is 47.4. The van der Waals surface area contributed by atoms with Crippen LogP contribution >= 0.6 is 0 Å². The zero-order valence-electron chi connectivity index (χ0n) is 29.1. The molecule has 0 aliphatic heterocycles. The Labute approximate surface area is 265 Å². The molecule has 1 unspecified atom stereocenters. The SMILES string of the molecule is CCCCCCCCCCCCCCC(C)OCCCO.OCCCO.[CH+]=CCCCCCCCCCCCCCC. The van der Waals surface area contributed by atoms with E-state index < -0.39 is 0 Å². The lowest BCUT2D eigenvalue weighted by atomic mass is 10.0. The maximum Gasteiger partial charge on any atom is 0.201 e. The van der Waals surface area contributed by atoms with Gasteiger partial charge in [-0.25, -0.2) is 0 Å². The van der Waals surface area contributed by atoms with E-state index in [1.807, 2.05) is 0 Å². The molecule has 4 heteroatoms. The fraction of sp³-hybridized carbons (Fsp3) is 0.947. The van der Waals surface area contributed by atoms with Gasteiger partial charge >= 0.3 is 0 Å². The lowest BCUT2D eigenvalue weighted by Crippen LogP contribution is -2.09. The molecule has 0 saturated carbocycles. The van der Waals surface area contributed by atoms with Gasteiger partial charge in [0.1, 0.15) is 0 Å². The van der Waals surface area contributed by atoms with Crippen molar-refractivity contribution in [3.05, 3.63) is 12.7 Å². The van der Waals surface area contributed by atoms with Crippen molar-refractivity contribution in [2.24, 2.45) is 0 Å². The summed E-state index contributed by atoms with van der Waals surface area (Å²) in [5.74, 6) is 0. The van der Waals surface area contributed by atoms with E-state index in [-0.39, 0.29) is 19.8 Å². The molecule has 0 bridgehead atoms. The van der Waals surface area contributed by atoms with Crippen molar-refractivity contribution in [1.82, 2.24) is 0 Å². The molecule has 0 fully saturated rings. The summed E-state index contributed by atoms with van der Waals surface area (Å²) < 4.78 is 5.62. The first-order valence-corrected chi connectivity index (χ1v) is 18.6. The average Bonchev–Trinajstić information content (AvgIpc) is 2.99. The molecular formula is C38H79O4+. The average molecular weight is 600 g/mol. The van der Waals surface area contributed by atoms with E-state index in [1.165, 1.54) is 161 Å². The quantitative estimate of drug-likeness (QED) is 0.0531. The fourth-order valence-electron chi connectivity index (χ4n) is 4.88. The van der Waals surface area contributed by atoms with Gasteiger partial charge in [-0.2, -0.15) is 0 Å². The van der Waals surface area contributed by atoms with E-state index in [4.69, 9.17) is 26.6 Å². The van der Waals surface area contributed by atoms with Crippen LogP contribution in [0.3, 0.4) is 0 Å². The Morgan fingerprint density at radius 3 is 1.12 bits per heavy atom. The molecule has 254 valence electrons. The molecule has 0 aromatic carbocycles. The first-order valence-electron chi connectivity index (χ1n) is 18.6. The number of ether oxygens (including phenoxy) is 1. The molecule has 0 aromatic heterocycles. The van der Waals surface area contributed by atoms with E-state index >= 15 is 0 Å². The first kappa shape index (κ1) is 45.9. The molecule has 3 N–H and O–H groups in total. The highest BCUT2D eigenvalue weighted by Crippen LogP contribution is 2.14. The van der Waals surface area contributed by atoms with Crippen LogP contribution in [0.5, 0.6) is 0 Å². The number of rotatable bonds is 32. The largest absolute Gasteiger partial charge is 0.396 e. The van der Waals surface area contributed by atoms with Crippen LogP contribution in [0.1, 0.15) is 201 Å². The van der Waals surface area contributed by atoms with Gasteiger partial charge in [0.25, 0.3) is 0 Å².